The first-order chi connectivity index (χ1) is 13.5. The third-order valence-corrected chi connectivity index (χ3v) is 6.73. The molecule has 2 heterocycles. The van der Waals surface area contributed by atoms with Crippen LogP contribution in [0.5, 0.6) is 0 Å². The zero-order chi connectivity index (χ0) is 19.6. The summed E-state index contributed by atoms with van der Waals surface area (Å²) in [4.78, 5) is 15.1. The number of benzene rings is 1. The maximum absolute atomic E-state index is 12.7. The predicted octanol–water partition coefficient (Wildman–Crippen LogP) is 2.29. The van der Waals surface area contributed by atoms with Crippen molar-refractivity contribution in [3.63, 3.8) is 0 Å². The molecule has 1 aliphatic heterocycles. The fourth-order valence-electron chi connectivity index (χ4n) is 3.53. The van der Waals surface area contributed by atoms with E-state index < -0.39 is 10.0 Å². The third kappa shape index (κ3) is 4.45. The maximum atomic E-state index is 12.7. The van der Waals surface area contributed by atoms with Crippen molar-refractivity contribution in [3.05, 3.63) is 54.0 Å². The summed E-state index contributed by atoms with van der Waals surface area (Å²) >= 11 is 0. The van der Waals surface area contributed by atoms with Gasteiger partial charge in [0.1, 0.15) is 5.76 Å². The van der Waals surface area contributed by atoms with Gasteiger partial charge >= 0.3 is 0 Å². The van der Waals surface area contributed by atoms with Gasteiger partial charge in [-0.2, -0.15) is 0 Å². The molecule has 1 unspecified atom stereocenters. The lowest BCUT2D eigenvalue weighted by molar-refractivity contribution is 0.0933. The van der Waals surface area contributed by atoms with Crippen LogP contribution in [0.3, 0.4) is 0 Å². The van der Waals surface area contributed by atoms with Crippen molar-refractivity contribution < 1.29 is 17.6 Å². The summed E-state index contributed by atoms with van der Waals surface area (Å²) in [5.41, 5.74) is 0.332. The molecule has 0 spiro atoms. The van der Waals surface area contributed by atoms with Crippen LogP contribution in [0.15, 0.2) is 52.0 Å². The van der Waals surface area contributed by atoms with Crippen molar-refractivity contribution in [1.82, 2.24) is 14.9 Å². The van der Waals surface area contributed by atoms with Gasteiger partial charge in [0.15, 0.2) is 0 Å². The average molecular weight is 404 g/mol. The van der Waals surface area contributed by atoms with Crippen LogP contribution in [-0.4, -0.2) is 44.9 Å². The van der Waals surface area contributed by atoms with Gasteiger partial charge in [0, 0.05) is 18.2 Å². The van der Waals surface area contributed by atoms with Gasteiger partial charge in [-0.25, -0.2) is 13.1 Å². The maximum Gasteiger partial charge on any atom is 0.251 e. The SMILES string of the molecule is O=C(NCC(c1ccco1)N1CCCC1)c1cccc(S(=O)(=O)NC2CC2)c1. The van der Waals surface area contributed by atoms with Gasteiger partial charge in [0.25, 0.3) is 5.91 Å². The second kappa shape index (κ2) is 8.06. The highest BCUT2D eigenvalue weighted by atomic mass is 32.2. The van der Waals surface area contributed by atoms with Crippen molar-refractivity contribution in [2.24, 2.45) is 0 Å². The number of rotatable bonds is 8. The molecular formula is C20H25N3O4S. The first-order valence-electron chi connectivity index (χ1n) is 9.71. The Kier molecular flexibility index (Phi) is 5.52. The minimum atomic E-state index is -3.59. The molecule has 1 aromatic carbocycles. The Morgan fingerprint density at radius 2 is 1.96 bits per heavy atom. The Hall–Kier alpha value is -2.16. The molecule has 4 rings (SSSR count). The fourth-order valence-corrected chi connectivity index (χ4v) is 4.88. The third-order valence-electron chi connectivity index (χ3n) is 5.21. The van der Waals surface area contributed by atoms with Crippen molar-refractivity contribution in [3.8, 4) is 0 Å². The van der Waals surface area contributed by atoms with Crippen LogP contribution in [-0.2, 0) is 10.0 Å². The Morgan fingerprint density at radius 3 is 2.64 bits per heavy atom. The normalized spacial score (nSPS) is 18.9. The van der Waals surface area contributed by atoms with Crippen molar-refractivity contribution in [2.75, 3.05) is 19.6 Å². The van der Waals surface area contributed by atoms with E-state index in [1.165, 1.54) is 12.1 Å². The number of hydrogen-bond acceptors (Lipinski definition) is 5. The molecule has 2 aromatic rings. The van der Waals surface area contributed by atoms with Crippen molar-refractivity contribution >= 4 is 15.9 Å². The summed E-state index contributed by atoms with van der Waals surface area (Å²) in [5, 5.41) is 2.94. The van der Waals surface area contributed by atoms with Crippen molar-refractivity contribution in [2.45, 2.75) is 42.7 Å². The van der Waals surface area contributed by atoms with Crippen LogP contribution in [0.4, 0.5) is 0 Å². The largest absolute Gasteiger partial charge is 0.468 e. The fraction of sp³-hybridized carbons (Fsp3) is 0.450. The van der Waals surface area contributed by atoms with Gasteiger partial charge < -0.3 is 9.73 Å². The van der Waals surface area contributed by atoms with E-state index in [9.17, 15) is 13.2 Å². The predicted molar refractivity (Wildman–Crippen MR) is 104 cm³/mol. The highest BCUT2D eigenvalue weighted by molar-refractivity contribution is 7.89. The molecule has 1 saturated carbocycles. The molecule has 0 bridgehead atoms. The van der Waals surface area contributed by atoms with E-state index >= 15 is 0 Å². The van der Waals surface area contributed by atoms with Gasteiger partial charge in [-0.15, -0.1) is 0 Å². The smallest absolute Gasteiger partial charge is 0.251 e. The lowest BCUT2D eigenvalue weighted by atomic mass is 10.1. The van der Waals surface area contributed by atoms with E-state index in [1.807, 2.05) is 12.1 Å². The highest BCUT2D eigenvalue weighted by Crippen LogP contribution is 2.25. The molecule has 28 heavy (non-hydrogen) atoms. The van der Waals surface area contributed by atoms with Crippen LogP contribution in [0, 0.1) is 0 Å². The van der Waals surface area contributed by atoms with Crippen LogP contribution in [0.2, 0.25) is 0 Å². The van der Waals surface area contributed by atoms with Gasteiger partial charge in [0.2, 0.25) is 10.0 Å². The monoisotopic (exact) mass is 403 g/mol. The van der Waals surface area contributed by atoms with Crippen LogP contribution in [0.25, 0.3) is 0 Å². The second-order valence-corrected chi connectivity index (χ2v) is 9.12. The Labute approximate surface area is 165 Å². The number of nitrogens with one attached hydrogen (secondary N) is 2. The lowest BCUT2D eigenvalue weighted by Gasteiger charge is -2.26. The summed E-state index contributed by atoms with van der Waals surface area (Å²) < 4.78 is 33.0. The Balaban J connectivity index is 1.44. The average Bonchev–Trinajstić information content (AvgIpc) is 3.15. The molecule has 7 nitrogen and oxygen atoms in total. The van der Waals surface area contributed by atoms with Gasteiger partial charge in [-0.3, -0.25) is 9.69 Å². The molecule has 1 saturated heterocycles. The first-order valence-corrected chi connectivity index (χ1v) is 11.2. The molecular weight excluding hydrogens is 378 g/mol. The van der Waals surface area contributed by atoms with E-state index in [0.29, 0.717) is 12.1 Å². The molecule has 1 aliphatic carbocycles. The molecule has 1 amide bonds. The number of nitrogens with zero attached hydrogens (tertiary/aromatic N) is 1. The highest BCUT2D eigenvalue weighted by Gasteiger charge is 2.29. The molecule has 1 atom stereocenters. The van der Waals surface area contributed by atoms with E-state index in [4.69, 9.17) is 4.42 Å². The van der Waals surface area contributed by atoms with Crippen LogP contribution >= 0.6 is 0 Å². The van der Waals surface area contributed by atoms with Gasteiger partial charge in [-0.05, 0) is 69.1 Å². The number of carbonyl (C=O) groups excluding carboxylic acids is 1. The molecule has 2 N–H and O–H groups in total. The van der Waals surface area contributed by atoms with Crippen LogP contribution < -0.4 is 10.0 Å². The van der Waals surface area contributed by atoms with Crippen molar-refractivity contribution in [1.29, 1.82) is 0 Å². The zero-order valence-corrected chi connectivity index (χ0v) is 16.5. The summed E-state index contributed by atoms with van der Waals surface area (Å²) in [5.74, 6) is 0.534. The number of carbonyl (C=O) groups is 1. The molecule has 2 fully saturated rings. The number of amides is 1. The van der Waals surface area contributed by atoms with E-state index in [-0.39, 0.29) is 22.9 Å². The summed E-state index contributed by atoms with van der Waals surface area (Å²) in [6.07, 6.45) is 5.65. The Morgan fingerprint density at radius 1 is 1.18 bits per heavy atom. The minimum Gasteiger partial charge on any atom is -0.468 e. The summed E-state index contributed by atoms with van der Waals surface area (Å²) in [6.45, 7) is 2.35. The lowest BCUT2D eigenvalue weighted by Crippen LogP contribution is -2.36. The molecule has 150 valence electrons. The number of furan rings is 1. The van der Waals surface area contributed by atoms with Gasteiger partial charge in [0.05, 0.1) is 17.2 Å². The zero-order valence-electron chi connectivity index (χ0n) is 15.6. The van der Waals surface area contributed by atoms with E-state index in [1.54, 1.807) is 18.4 Å². The molecule has 0 radical (unpaired) electrons. The Bertz CT molecular complexity index is 917. The van der Waals surface area contributed by atoms with Crippen LogP contribution in [0.1, 0.15) is 47.8 Å². The minimum absolute atomic E-state index is 0.0232. The topological polar surface area (TPSA) is 91.7 Å². The second-order valence-electron chi connectivity index (χ2n) is 7.41. The van der Waals surface area contributed by atoms with E-state index in [0.717, 1.165) is 44.5 Å². The standard InChI is InChI=1S/C20H25N3O4S/c24-20(15-5-3-6-17(13-15)28(25,26)22-16-8-9-16)21-14-18(19-7-4-12-27-19)23-10-1-2-11-23/h3-7,12-13,16,18,22H,1-2,8-11,14H2,(H,21,24). The molecule has 2 aliphatic rings. The quantitative estimate of drug-likeness (QED) is 0.706. The van der Waals surface area contributed by atoms with E-state index in [2.05, 4.69) is 14.9 Å². The molecule has 1 aromatic heterocycles. The first kappa shape index (κ1) is 19.2. The van der Waals surface area contributed by atoms with Gasteiger partial charge in [-0.1, -0.05) is 6.07 Å². The molecule has 8 heteroatoms. The number of hydrogen-bond donors (Lipinski definition) is 2. The number of likely N-dealkylation sites (tertiary alicyclic amines) is 1. The number of sulfonamides is 1. The summed E-state index contributed by atoms with van der Waals surface area (Å²) in [7, 11) is -3.59. The summed E-state index contributed by atoms with van der Waals surface area (Å²) in [6, 6.07) is 9.94.